The van der Waals surface area contributed by atoms with E-state index in [4.69, 9.17) is 58.8 Å². The van der Waals surface area contributed by atoms with Crippen molar-refractivity contribution < 1.29 is 57.0 Å². The van der Waals surface area contributed by atoms with E-state index in [1.165, 1.54) is 0 Å². The van der Waals surface area contributed by atoms with E-state index in [2.05, 4.69) is 0 Å². The maximum Gasteiger partial charge on any atom is 0.307 e. The molecule has 0 radical (unpaired) electrons. The van der Waals surface area contributed by atoms with E-state index >= 15 is 0 Å². The Morgan fingerprint density at radius 1 is 0.635 bits per heavy atom. The highest BCUT2D eigenvalue weighted by Gasteiger charge is 2.58. The third kappa shape index (κ3) is 10.6. The monoisotopic (exact) mass is 730 g/mol. The van der Waals surface area contributed by atoms with E-state index in [1.54, 1.807) is 13.8 Å². The van der Waals surface area contributed by atoms with Crippen molar-refractivity contribution in [2.45, 2.75) is 140 Å². The number of hydrogen-bond donors (Lipinski definition) is 2. The molecule has 0 spiro atoms. The summed E-state index contributed by atoms with van der Waals surface area (Å²) in [5.74, 6) is -2.21. The molecule has 0 aromatic heterocycles. The van der Waals surface area contributed by atoms with Crippen molar-refractivity contribution in [2.24, 2.45) is 11.5 Å². The number of nitrogens with two attached hydrogens (primary N) is 2. The summed E-state index contributed by atoms with van der Waals surface area (Å²) in [6.45, 7) is 12.3. The van der Waals surface area contributed by atoms with E-state index in [0.29, 0.717) is 26.4 Å². The van der Waals surface area contributed by atoms with Gasteiger partial charge in [-0.25, -0.2) is 0 Å². The van der Waals surface area contributed by atoms with Crippen LogP contribution in [0.2, 0.25) is 0 Å². The summed E-state index contributed by atoms with van der Waals surface area (Å²) in [5.41, 5.74) is 14.5. The van der Waals surface area contributed by atoms with Crippen molar-refractivity contribution in [2.75, 3.05) is 13.2 Å². The molecule has 2 aromatic rings. The van der Waals surface area contributed by atoms with Gasteiger partial charge in [-0.2, -0.15) is 0 Å². The first kappa shape index (κ1) is 40.2. The lowest BCUT2D eigenvalue weighted by molar-refractivity contribution is -0.222. The van der Waals surface area contributed by atoms with Crippen LogP contribution in [0.3, 0.4) is 0 Å². The van der Waals surface area contributed by atoms with E-state index in [0.717, 1.165) is 11.1 Å². The molecule has 52 heavy (non-hydrogen) atoms. The number of hydrogen-bond acceptors (Lipinski definition) is 14. The molecule has 14 nitrogen and oxygen atoms in total. The molecule has 4 heterocycles. The van der Waals surface area contributed by atoms with Gasteiger partial charge < -0.3 is 58.8 Å². The second-order valence-electron chi connectivity index (χ2n) is 14.0. The van der Waals surface area contributed by atoms with Crippen LogP contribution in [0.1, 0.15) is 65.5 Å². The number of carbonyl (C=O) groups excluding carboxylic acids is 2. The molecule has 10 atom stereocenters. The zero-order valence-electron chi connectivity index (χ0n) is 30.8. The van der Waals surface area contributed by atoms with Crippen molar-refractivity contribution in [1.82, 2.24) is 0 Å². The lowest BCUT2D eigenvalue weighted by Gasteiger charge is -2.29. The Balaban J connectivity index is 0.000000201. The van der Waals surface area contributed by atoms with Crippen molar-refractivity contribution in [3.05, 3.63) is 71.8 Å². The first-order valence-electron chi connectivity index (χ1n) is 17.9. The van der Waals surface area contributed by atoms with Gasteiger partial charge in [-0.05, 0) is 52.7 Å². The van der Waals surface area contributed by atoms with Crippen LogP contribution in [-0.4, -0.2) is 98.0 Å². The van der Waals surface area contributed by atoms with Gasteiger partial charge in [0.15, 0.2) is 24.2 Å². The molecular weight excluding hydrogens is 676 g/mol. The highest BCUT2D eigenvalue weighted by molar-refractivity contribution is 5.70. The van der Waals surface area contributed by atoms with Crippen LogP contribution in [0.4, 0.5) is 0 Å². The average molecular weight is 731 g/mol. The first-order valence-corrected chi connectivity index (χ1v) is 17.9. The Morgan fingerprint density at radius 2 is 1.00 bits per heavy atom. The van der Waals surface area contributed by atoms with Crippen molar-refractivity contribution in [3.8, 4) is 0 Å². The summed E-state index contributed by atoms with van der Waals surface area (Å²) in [7, 11) is 0. The van der Waals surface area contributed by atoms with Crippen LogP contribution in [-0.2, 0) is 70.2 Å². The highest BCUT2D eigenvalue weighted by atomic mass is 16.9. The zero-order chi connectivity index (χ0) is 37.5. The fraction of sp³-hybridized carbons (Fsp3) is 0.632. The Labute approximate surface area is 305 Å². The normalized spacial score (nSPS) is 30.8. The summed E-state index contributed by atoms with van der Waals surface area (Å²) < 4.78 is 57.6. The standard InChI is InChI=1S/2C19H27NO6/c2*1-4-22-14(21)10-13(20)15-16(23-11-12-8-6-5-7-9-12)17-18(24-15)26-19(2,3)25-17/h2*5-9,13,15-18H,4,10-11,20H2,1-3H3/t13-,15+,16-,17+,18+;13-,15-,16+,17-,18-/m01/s1. The maximum absolute atomic E-state index is 11.8. The predicted molar refractivity (Wildman–Crippen MR) is 186 cm³/mol. The van der Waals surface area contributed by atoms with Gasteiger partial charge in [0.25, 0.3) is 0 Å². The van der Waals surface area contributed by atoms with E-state index in [-0.39, 0.29) is 24.8 Å². The van der Waals surface area contributed by atoms with Gasteiger partial charge in [-0.1, -0.05) is 60.7 Å². The van der Waals surface area contributed by atoms with Crippen LogP contribution in [0.15, 0.2) is 60.7 Å². The summed E-state index contributed by atoms with van der Waals surface area (Å²) in [6.07, 6.45) is -3.74. The molecule has 6 rings (SSSR count). The number of rotatable bonds is 14. The minimum absolute atomic E-state index is 0.0482. The number of fused-ring (bicyclic) bond motifs is 2. The second-order valence-corrected chi connectivity index (χ2v) is 14.0. The zero-order valence-corrected chi connectivity index (χ0v) is 30.8. The van der Waals surface area contributed by atoms with Crippen LogP contribution < -0.4 is 11.5 Å². The Bertz CT molecular complexity index is 1320. The Hall–Kier alpha value is -3.02. The fourth-order valence-electron chi connectivity index (χ4n) is 6.67. The van der Waals surface area contributed by atoms with Crippen molar-refractivity contribution >= 4 is 11.9 Å². The number of ether oxygens (including phenoxy) is 10. The predicted octanol–water partition coefficient (Wildman–Crippen LogP) is 3.46. The molecule has 4 fully saturated rings. The van der Waals surface area contributed by atoms with Gasteiger partial charge in [-0.3, -0.25) is 9.59 Å². The van der Waals surface area contributed by atoms with Gasteiger partial charge in [-0.15, -0.1) is 0 Å². The van der Waals surface area contributed by atoms with Crippen molar-refractivity contribution in [1.29, 1.82) is 0 Å². The van der Waals surface area contributed by atoms with Gasteiger partial charge in [0.2, 0.25) is 0 Å². The second kappa shape index (κ2) is 17.9. The van der Waals surface area contributed by atoms with Gasteiger partial charge in [0.05, 0.1) is 39.3 Å². The third-order valence-corrected chi connectivity index (χ3v) is 8.88. The maximum atomic E-state index is 11.8. The minimum Gasteiger partial charge on any atom is -0.466 e. The van der Waals surface area contributed by atoms with E-state index in [9.17, 15) is 9.59 Å². The van der Waals surface area contributed by atoms with Gasteiger partial charge in [0, 0.05) is 12.1 Å². The molecule has 0 amide bonds. The Kier molecular flexibility index (Phi) is 13.8. The largest absolute Gasteiger partial charge is 0.466 e. The third-order valence-electron chi connectivity index (χ3n) is 8.88. The van der Waals surface area contributed by atoms with E-state index < -0.39 is 72.9 Å². The van der Waals surface area contributed by atoms with Crippen LogP contribution in [0.5, 0.6) is 0 Å². The minimum atomic E-state index is -0.750. The molecule has 0 unspecified atom stereocenters. The molecule has 0 aliphatic carbocycles. The number of esters is 2. The number of carbonyl (C=O) groups is 2. The van der Waals surface area contributed by atoms with Crippen LogP contribution >= 0.6 is 0 Å². The fourth-order valence-corrected chi connectivity index (χ4v) is 6.67. The highest BCUT2D eigenvalue weighted by Crippen LogP contribution is 2.41. The summed E-state index contributed by atoms with van der Waals surface area (Å²) in [4.78, 5) is 23.6. The smallest absolute Gasteiger partial charge is 0.307 e. The molecule has 4 aliphatic rings. The summed E-state index contributed by atoms with van der Waals surface area (Å²) in [5, 5.41) is 0. The van der Waals surface area contributed by atoms with E-state index in [1.807, 2.05) is 88.4 Å². The molecular formula is C38H54N2O12. The summed E-state index contributed by atoms with van der Waals surface area (Å²) in [6, 6.07) is 18.5. The molecule has 2 aromatic carbocycles. The average Bonchev–Trinajstić information content (AvgIpc) is 3.78. The molecule has 288 valence electrons. The van der Waals surface area contributed by atoms with Crippen LogP contribution in [0, 0.1) is 0 Å². The molecule has 0 saturated carbocycles. The lowest BCUT2D eigenvalue weighted by atomic mass is 10.0. The van der Waals surface area contributed by atoms with Crippen LogP contribution in [0.25, 0.3) is 0 Å². The van der Waals surface area contributed by atoms with Gasteiger partial charge in [0.1, 0.15) is 36.6 Å². The first-order chi connectivity index (χ1) is 24.8. The topological polar surface area (TPSA) is 178 Å². The lowest BCUT2D eigenvalue weighted by Crippen LogP contribution is -2.47. The molecule has 4 N–H and O–H groups in total. The molecule has 4 saturated heterocycles. The molecule has 4 aliphatic heterocycles. The molecule has 14 heteroatoms. The number of benzene rings is 2. The summed E-state index contributed by atoms with van der Waals surface area (Å²) >= 11 is 0. The van der Waals surface area contributed by atoms with Crippen molar-refractivity contribution in [3.63, 3.8) is 0 Å². The SMILES string of the molecule is CCOC(=O)C[C@@H](N)[C@H]1O[C@@H]2OC(C)(C)O[C@@H]2[C@H]1OCc1ccccc1.CCOC(=O)C[C@H](N)[C@H]1O[C@@H]2OC(C)(C)O[C@@H]2[C@H]1OCc1ccccc1. The Morgan fingerprint density at radius 3 is 1.35 bits per heavy atom. The van der Waals surface area contributed by atoms with Gasteiger partial charge >= 0.3 is 11.9 Å². The quantitative estimate of drug-likeness (QED) is 0.270. The molecule has 0 bridgehead atoms.